The fourth-order valence-electron chi connectivity index (χ4n) is 1.92. The molecule has 0 amide bonds. The average molecular weight is 412 g/mol. The first kappa shape index (κ1) is 23.2. The first-order valence-corrected chi connectivity index (χ1v) is 8.06. The Morgan fingerprint density at radius 2 is 1.57 bits per heavy atom. The van der Waals surface area contributed by atoms with Crippen molar-refractivity contribution >= 4 is 29.9 Å². The molecule has 0 fully saturated rings. The van der Waals surface area contributed by atoms with Crippen LogP contribution in [0, 0.1) is 0 Å². The van der Waals surface area contributed by atoms with Crippen molar-refractivity contribution < 1.29 is 0 Å². The summed E-state index contributed by atoms with van der Waals surface area (Å²) in [7, 11) is 4.28. The molecule has 21 heavy (non-hydrogen) atoms. The lowest BCUT2D eigenvalue weighted by molar-refractivity contribution is 0.390. The van der Waals surface area contributed by atoms with Crippen molar-refractivity contribution in [3.8, 4) is 0 Å². The summed E-state index contributed by atoms with van der Waals surface area (Å²) < 4.78 is 0. The minimum Gasteiger partial charge on any atom is -0.357 e. The third-order valence-corrected chi connectivity index (χ3v) is 2.87. The zero-order valence-corrected chi connectivity index (χ0v) is 17.3. The molecule has 0 atom stereocenters. The van der Waals surface area contributed by atoms with E-state index in [2.05, 4.69) is 62.3 Å². The van der Waals surface area contributed by atoms with E-state index in [1.807, 2.05) is 0 Å². The number of guanidine groups is 1. The quantitative estimate of drug-likeness (QED) is 0.264. The van der Waals surface area contributed by atoms with Gasteiger partial charge in [-0.05, 0) is 61.2 Å². The van der Waals surface area contributed by atoms with Gasteiger partial charge in [-0.1, -0.05) is 19.3 Å². The molecule has 0 saturated carbocycles. The van der Waals surface area contributed by atoms with Crippen LogP contribution >= 0.6 is 24.0 Å². The molecule has 0 radical (unpaired) electrons. The fourth-order valence-corrected chi connectivity index (χ4v) is 1.92. The van der Waals surface area contributed by atoms with Gasteiger partial charge in [-0.3, -0.25) is 4.99 Å². The number of hydrogen-bond acceptors (Lipinski definition) is 2. The number of halogens is 1. The van der Waals surface area contributed by atoms with Gasteiger partial charge in [0.25, 0.3) is 0 Å². The maximum Gasteiger partial charge on any atom is 0.191 e. The smallest absolute Gasteiger partial charge is 0.191 e. The van der Waals surface area contributed by atoms with Crippen molar-refractivity contribution in [2.24, 2.45) is 4.99 Å². The van der Waals surface area contributed by atoms with Crippen LogP contribution in [0.25, 0.3) is 0 Å². The van der Waals surface area contributed by atoms with Gasteiger partial charge >= 0.3 is 0 Å². The molecule has 0 aliphatic rings. The van der Waals surface area contributed by atoms with Crippen molar-refractivity contribution in [1.29, 1.82) is 0 Å². The van der Waals surface area contributed by atoms with E-state index in [0.717, 1.165) is 19.0 Å². The molecule has 2 N–H and O–H groups in total. The second kappa shape index (κ2) is 13.6. The molecule has 4 nitrogen and oxygen atoms in total. The van der Waals surface area contributed by atoms with Gasteiger partial charge in [-0.2, -0.15) is 0 Å². The van der Waals surface area contributed by atoms with E-state index < -0.39 is 0 Å². The summed E-state index contributed by atoms with van der Waals surface area (Å²) in [5.41, 5.74) is 0.0627. The molecule has 0 aromatic heterocycles. The Labute approximate surface area is 149 Å². The highest BCUT2D eigenvalue weighted by molar-refractivity contribution is 14.0. The summed E-state index contributed by atoms with van der Waals surface area (Å²) in [6.07, 6.45) is 6.44. The number of unbranched alkanes of at least 4 members (excludes halogenated alkanes) is 4. The van der Waals surface area contributed by atoms with Gasteiger partial charge in [-0.25, -0.2) is 0 Å². The summed E-state index contributed by atoms with van der Waals surface area (Å²) in [4.78, 5) is 6.89. The molecule has 0 saturated heterocycles. The van der Waals surface area contributed by atoms with Crippen LogP contribution in [0.15, 0.2) is 4.99 Å². The molecule has 0 bridgehead atoms. The van der Waals surface area contributed by atoms with Crippen LogP contribution in [0.1, 0.15) is 59.8 Å². The van der Waals surface area contributed by atoms with Gasteiger partial charge < -0.3 is 15.5 Å². The Bertz CT molecular complexity index is 259. The minimum atomic E-state index is 0. The lowest BCUT2D eigenvalue weighted by Crippen LogP contribution is -2.47. The molecule has 0 aliphatic carbocycles. The van der Waals surface area contributed by atoms with Gasteiger partial charge in [-0.15, -0.1) is 24.0 Å². The highest BCUT2D eigenvalue weighted by Gasteiger charge is 2.11. The van der Waals surface area contributed by atoms with Gasteiger partial charge in [0.15, 0.2) is 5.96 Å². The Balaban J connectivity index is 0. The predicted molar refractivity (Wildman–Crippen MR) is 106 cm³/mol. The summed E-state index contributed by atoms with van der Waals surface area (Å²) in [5.74, 6) is 0.938. The lowest BCUT2D eigenvalue weighted by atomic mass is 10.1. The topological polar surface area (TPSA) is 39.7 Å². The van der Waals surface area contributed by atoms with Gasteiger partial charge in [0, 0.05) is 18.6 Å². The molecule has 0 aromatic carbocycles. The molecule has 128 valence electrons. The van der Waals surface area contributed by atoms with E-state index in [9.17, 15) is 0 Å². The van der Waals surface area contributed by atoms with Crippen molar-refractivity contribution in [2.75, 3.05) is 33.7 Å². The highest BCUT2D eigenvalue weighted by atomic mass is 127. The standard InChI is InChI=1S/C16H36N4.HI/c1-7-17-15(19-16(2,3)4)18-13-11-9-8-10-12-14-20(5)6;/h7-14H2,1-6H3,(H2,17,18,19);1H. The molecule has 0 spiro atoms. The molecule has 5 heteroatoms. The van der Waals surface area contributed by atoms with E-state index in [1.165, 1.54) is 38.6 Å². The third kappa shape index (κ3) is 17.9. The molecule has 0 aromatic rings. The van der Waals surface area contributed by atoms with Crippen molar-refractivity contribution in [3.63, 3.8) is 0 Å². The maximum absolute atomic E-state index is 4.63. The van der Waals surface area contributed by atoms with Crippen LogP contribution in [-0.2, 0) is 0 Å². The number of rotatable bonds is 9. The SMILES string of the molecule is CCNC(=NCCCCCCCN(C)C)NC(C)(C)C.I. The fraction of sp³-hybridized carbons (Fsp3) is 0.938. The predicted octanol–water partition coefficient (Wildman–Crippen LogP) is 3.47. The van der Waals surface area contributed by atoms with E-state index in [1.54, 1.807) is 0 Å². The summed E-state index contributed by atoms with van der Waals surface area (Å²) in [6.45, 7) is 11.6. The van der Waals surface area contributed by atoms with Crippen molar-refractivity contribution in [2.45, 2.75) is 65.3 Å². The average Bonchev–Trinajstić information content (AvgIpc) is 2.30. The zero-order valence-electron chi connectivity index (χ0n) is 15.0. The number of hydrogen-bond donors (Lipinski definition) is 2. The highest BCUT2D eigenvalue weighted by Crippen LogP contribution is 2.04. The minimum absolute atomic E-state index is 0. The Hall–Kier alpha value is -0.0400. The molecule has 0 rings (SSSR count). The molecular formula is C16H37IN4. The summed E-state index contributed by atoms with van der Waals surface area (Å²) >= 11 is 0. The number of aliphatic imine (C=N–C) groups is 1. The third-order valence-electron chi connectivity index (χ3n) is 2.87. The number of nitrogens with zero attached hydrogens (tertiary/aromatic N) is 2. The van der Waals surface area contributed by atoms with E-state index in [0.29, 0.717) is 0 Å². The van der Waals surface area contributed by atoms with Crippen LogP contribution in [0.3, 0.4) is 0 Å². The van der Waals surface area contributed by atoms with Crippen molar-refractivity contribution in [1.82, 2.24) is 15.5 Å². The first-order chi connectivity index (χ1) is 9.35. The van der Waals surface area contributed by atoms with Crippen LogP contribution in [0.4, 0.5) is 0 Å². The van der Waals surface area contributed by atoms with Gasteiger partial charge in [0.05, 0.1) is 0 Å². The van der Waals surface area contributed by atoms with Crippen LogP contribution in [0.2, 0.25) is 0 Å². The zero-order chi connectivity index (χ0) is 15.4. The van der Waals surface area contributed by atoms with Gasteiger partial charge in [0.2, 0.25) is 0 Å². The number of nitrogens with one attached hydrogen (secondary N) is 2. The molecule has 0 unspecified atom stereocenters. The van der Waals surface area contributed by atoms with Crippen LogP contribution in [0.5, 0.6) is 0 Å². The monoisotopic (exact) mass is 412 g/mol. The maximum atomic E-state index is 4.63. The van der Waals surface area contributed by atoms with Gasteiger partial charge in [0.1, 0.15) is 0 Å². The second-order valence-electron chi connectivity index (χ2n) is 6.71. The lowest BCUT2D eigenvalue weighted by Gasteiger charge is -2.23. The summed E-state index contributed by atoms with van der Waals surface area (Å²) in [6, 6.07) is 0. The Morgan fingerprint density at radius 3 is 2.10 bits per heavy atom. The normalized spacial score (nSPS) is 12.2. The van der Waals surface area contributed by atoms with Crippen LogP contribution < -0.4 is 10.6 Å². The van der Waals surface area contributed by atoms with Crippen molar-refractivity contribution in [3.05, 3.63) is 0 Å². The molecule has 0 heterocycles. The Kier molecular flexibility index (Phi) is 15.1. The van der Waals surface area contributed by atoms with E-state index in [-0.39, 0.29) is 29.5 Å². The van der Waals surface area contributed by atoms with E-state index >= 15 is 0 Å². The molecule has 0 aliphatic heterocycles. The largest absolute Gasteiger partial charge is 0.357 e. The second-order valence-corrected chi connectivity index (χ2v) is 6.71. The molecular weight excluding hydrogens is 375 g/mol. The van der Waals surface area contributed by atoms with E-state index in [4.69, 9.17) is 0 Å². The summed E-state index contributed by atoms with van der Waals surface area (Å²) in [5, 5.41) is 6.71. The van der Waals surface area contributed by atoms with Crippen LogP contribution in [-0.4, -0.2) is 50.1 Å². The Morgan fingerprint density at radius 1 is 1.00 bits per heavy atom. The first-order valence-electron chi connectivity index (χ1n) is 8.06.